The molecule has 6 N–H and O–H groups in total. The van der Waals surface area contributed by atoms with Crippen LogP contribution < -0.4 is 22.1 Å². The third-order valence-corrected chi connectivity index (χ3v) is 7.39. The molecular formula is C21H26ClFN8O. The Morgan fingerprint density at radius 1 is 1.28 bits per heavy atom. The Labute approximate surface area is 189 Å². The second-order valence-electron chi connectivity index (χ2n) is 8.69. The van der Waals surface area contributed by atoms with Crippen molar-refractivity contribution in [2.24, 2.45) is 11.1 Å². The van der Waals surface area contributed by atoms with Gasteiger partial charge in [0.2, 0.25) is 0 Å². The fraction of sp³-hybridized carbons (Fsp3) is 0.476. The van der Waals surface area contributed by atoms with E-state index >= 15 is 0 Å². The van der Waals surface area contributed by atoms with Crippen molar-refractivity contribution in [3.63, 3.8) is 0 Å². The average molecular weight is 461 g/mol. The molecule has 32 heavy (non-hydrogen) atoms. The predicted octanol–water partition coefficient (Wildman–Crippen LogP) is 2.41. The van der Waals surface area contributed by atoms with Crippen molar-refractivity contribution >= 4 is 34.6 Å². The zero-order chi connectivity index (χ0) is 22.6. The molecule has 2 aliphatic heterocycles. The molecule has 0 unspecified atom stereocenters. The lowest BCUT2D eigenvalue weighted by molar-refractivity contribution is 0.0974. The minimum atomic E-state index is -0.766. The van der Waals surface area contributed by atoms with E-state index in [-0.39, 0.29) is 34.2 Å². The number of nitrogen functional groups attached to an aromatic ring is 2. The average Bonchev–Trinajstić information content (AvgIpc) is 3.33. The fourth-order valence-corrected chi connectivity index (χ4v) is 5.23. The molecule has 2 fully saturated rings. The number of halogens is 2. The highest BCUT2D eigenvalue weighted by Gasteiger charge is 2.47. The number of ether oxygens (including phenoxy) is 1. The number of piperidine rings is 1. The van der Waals surface area contributed by atoms with Gasteiger partial charge in [-0.2, -0.15) is 0 Å². The van der Waals surface area contributed by atoms with E-state index in [0.717, 1.165) is 31.7 Å². The van der Waals surface area contributed by atoms with Crippen molar-refractivity contribution in [2.75, 3.05) is 36.1 Å². The van der Waals surface area contributed by atoms with Gasteiger partial charge in [-0.1, -0.05) is 11.6 Å². The van der Waals surface area contributed by atoms with Gasteiger partial charge >= 0.3 is 0 Å². The van der Waals surface area contributed by atoms with E-state index in [1.165, 1.54) is 0 Å². The Hall–Kier alpha value is -2.69. The lowest BCUT2D eigenvalue weighted by Gasteiger charge is -2.42. The monoisotopic (exact) mass is 460 g/mol. The van der Waals surface area contributed by atoms with Crippen LogP contribution in [-0.2, 0) is 11.4 Å². The summed E-state index contributed by atoms with van der Waals surface area (Å²) in [6.07, 6.45) is 3.35. The molecule has 1 spiro atoms. The first kappa shape index (κ1) is 21.2. The SMILES string of the molecule is C[C@@H]1OCC2(CCN(c3cc(N)c(-c4ccnc(N)c4Cl)c4nnc(CF)n34)CC2)[C@@H]1N. The van der Waals surface area contributed by atoms with Crippen molar-refractivity contribution in [3.05, 3.63) is 29.2 Å². The number of aromatic nitrogens is 4. The molecule has 0 saturated carbocycles. The van der Waals surface area contributed by atoms with Gasteiger partial charge in [-0.15, -0.1) is 10.2 Å². The molecule has 0 bridgehead atoms. The summed E-state index contributed by atoms with van der Waals surface area (Å²) in [7, 11) is 0. The molecule has 2 saturated heterocycles. The standard InChI is InChI=1S/C21H26ClFN8O/c1-11-18(25)21(10-32-11)3-6-30(7-4-21)15-8-13(24)16(12-2-5-27-19(26)17(12)22)20-29-28-14(9-23)31(15)20/h2,5,8,11,18H,3-4,6-7,9-10,24-25H2,1H3,(H2,26,27)/t11-,18+/m0/s1. The molecule has 0 aromatic carbocycles. The maximum absolute atomic E-state index is 13.9. The van der Waals surface area contributed by atoms with Gasteiger partial charge in [0.05, 0.1) is 23.3 Å². The molecule has 2 aliphatic rings. The van der Waals surface area contributed by atoms with Crippen molar-refractivity contribution in [1.29, 1.82) is 0 Å². The summed E-state index contributed by atoms with van der Waals surface area (Å²) in [6, 6.07) is 3.54. The normalized spacial score (nSPS) is 22.8. The van der Waals surface area contributed by atoms with E-state index in [1.807, 2.05) is 13.0 Å². The number of nitrogens with two attached hydrogens (primary N) is 3. The maximum atomic E-state index is 13.9. The molecule has 9 nitrogen and oxygen atoms in total. The Morgan fingerprint density at radius 3 is 2.69 bits per heavy atom. The molecule has 0 aliphatic carbocycles. The van der Waals surface area contributed by atoms with Crippen LogP contribution in [0.15, 0.2) is 18.3 Å². The minimum Gasteiger partial charge on any atom is -0.398 e. The van der Waals surface area contributed by atoms with Gasteiger partial charge in [0.25, 0.3) is 0 Å². The van der Waals surface area contributed by atoms with Crippen molar-refractivity contribution in [2.45, 2.75) is 38.6 Å². The van der Waals surface area contributed by atoms with Gasteiger partial charge in [0, 0.05) is 48.1 Å². The Kier molecular flexibility index (Phi) is 5.11. The fourth-order valence-electron chi connectivity index (χ4n) is 5.03. The summed E-state index contributed by atoms with van der Waals surface area (Å²) in [5.74, 6) is 1.12. The number of hydrogen-bond acceptors (Lipinski definition) is 8. The zero-order valence-corrected chi connectivity index (χ0v) is 18.5. The van der Waals surface area contributed by atoms with Gasteiger partial charge in [-0.05, 0) is 25.8 Å². The summed E-state index contributed by atoms with van der Waals surface area (Å²) in [5.41, 5.74) is 20.8. The van der Waals surface area contributed by atoms with Crippen LogP contribution in [0.2, 0.25) is 5.02 Å². The van der Waals surface area contributed by atoms with Crippen LogP contribution in [-0.4, -0.2) is 51.4 Å². The molecule has 2 atom stereocenters. The summed E-state index contributed by atoms with van der Waals surface area (Å²) < 4.78 is 21.4. The van der Waals surface area contributed by atoms with Crippen LogP contribution in [0.1, 0.15) is 25.6 Å². The third-order valence-electron chi connectivity index (χ3n) is 6.99. The van der Waals surface area contributed by atoms with E-state index in [1.54, 1.807) is 16.7 Å². The first-order valence-corrected chi connectivity index (χ1v) is 11.0. The molecule has 170 valence electrons. The Balaban J connectivity index is 1.58. The summed E-state index contributed by atoms with van der Waals surface area (Å²) in [6.45, 7) is 3.41. The zero-order valence-electron chi connectivity index (χ0n) is 17.8. The lowest BCUT2D eigenvalue weighted by atomic mass is 9.73. The van der Waals surface area contributed by atoms with E-state index in [4.69, 9.17) is 33.5 Å². The minimum absolute atomic E-state index is 0.00715. The quantitative estimate of drug-likeness (QED) is 0.542. The number of nitrogens with zero attached hydrogens (tertiary/aromatic N) is 5. The third kappa shape index (κ3) is 3.08. The van der Waals surface area contributed by atoms with Gasteiger partial charge in [0.15, 0.2) is 11.5 Å². The van der Waals surface area contributed by atoms with Crippen LogP contribution in [0, 0.1) is 5.41 Å². The summed E-state index contributed by atoms with van der Waals surface area (Å²) in [5, 5.41) is 8.59. The number of fused-ring (bicyclic) bond motifs is 1. The number of anilines is 3. The first-order valence-electron chi connectivity index (χ1n) is 10.6. The Bertz CT molecular complexity index is 1180. The number of pyridine rings is 2. The molecular weight excluding hydrogens is 435 g/mol. The van der Waals surface area contributed by atoms with Crippen LogP contribution >= 0.6 is 11.6 Å². The number of hydrogen-bond donors (Lipinski definition) is 3. The van der Waals surface area contributed by atoms with Crippen molar-refractivity contribution < 1.29 is 9.13 Å². The highest BCUT2D eigenvalue weighted by atomic mass is 35.5. The number of rotatable bonds is 3. The van der Waals surface area contributed by atoms with Gasteiger partial charge in [-0.25, -0.2) is 9.37 Å². The number of alkyl halides is 1. The largest absolute Gasteiger partial charge is 0.398 e. The summed E-state index contributed by atoms with van der Waals surface area (Å²) >= 11 is 6.42. The van der Waals surface area contributed by atoms with E-state index in [0.29, 0.717) is 29.1 Å². The molecule has 11 heteroatoms. The predicted molar refractivity (Wildman–Crippen MR) is 122 cm³/mol. The second kappa shape index (κ2) is 7.72. The molecule has 3 aromatic heterocycles. The van der Waals surface area contributed by atoms with Crippen LogP contribution in [0.3, 0.4) is 0 Å². The molecule has 3 aromatic rings. The highest BCUT2D eigenvalue weighted by Crippen LogP contribution is 2.44. The molecule has 5 heterocycles. The molecule has 0 radical (unpaired) electrons. The van der Waals surface area contributed by atoms with Crippen molar-refractivity contribution in [3.8, 4) is 11.1 Å². The summed E-state index contributed by atoms with van der Waals surface area (Å²) in [4.78, 5) is 6.19. The molecule has 5 rings (SSSR count). The van der Waals surface area contributed by atoms with Crippen LogP contribution in [0.25, 0.3) is 16.8 Å². The topological polar surface area (TPSA) is 134 Å². The first-order chi connectivity index (χ1) is 15.4. The van der Waals surface area contributed by atoms with Gasteiger partial charge < -0.3 is 26.8 Å². The second-order valence-corrected chi connectivity index (χ2v) is 9.07. The lowest BCUT2D eigenvalue weighted by Crippen LogP contribution is -2.51. The van der Waals surface area contributed by atoms with Crippen LogP contribution in [0.5, 0.6) is 0 Å². The van der Waals surface area contributed by atoms with E-state index in [2.05, 4.69) is 20.1 Å². The van der Waals surface area contributed by atoms with Gasteiger partial charge in [-0.3, -0.25) is 4.40 Å². The highest BCUT2D eigenvalue weighted by molar-refractivity contribution is 6.36. The maximum Gasteiger partial charge on any atom is 0.172 e. The smallest absolute Gasteiger partial charge is 0.172 e. The van der Waals surface area contributed by atoms with E-state index < -0.39 is 6.67 Å². The van der Waals surface area contributed by atoms with Crippen molar-refractivity contribution in [1.82, 2.24) is 19.6 Å². The Morgan fingerprint density at radius 2 is 2.03 bits per heavy atom. The molecule has 0 amide bonds. The van der Waals surface area contributed by atoms with E-state index in [9.17, 15) is 4.39 Å². The van der Waals surface area contributed by atoms with Crippen LogP contribution in [0.4, 0.5) is 21.7 Å². The van der Waals surface area contributed by atoms with Gasteiger partial charge in [0.1, 0.15) is 18.3 Å².